The number of nitrogens with zero attached hydrogens (tertiary/aromatic N) is 1. The van der Waals surface area contributed by atoms with Gasteiger partial charge in [-0.1, -0.05) is 24.3 Å². The monoisotopic (exact) mass is 396 g/mol. The highest BCUT2D eigenvalue weighted by atomic mass is 19.1. The summed E-state index contributed by atoms with van der Waals surface area (Å²) in [4.78, 5) is 15.2. The molecule has 1 amide bonds. The molecule has 1 N–H and O–H groups in total. The Morgan fingerprint density at radius 2 is 1.93 bits per heavy atom. The molecule has 1 atom stereocenters. The van der Waals surface area contributed by atoms with Crippen LogP contribution in [0.4, 0.5) is 14.5 Å². The van der Waals surface area contributed by atoms with Crippen molar-refractivity contribution < 1.29 is 13.6 Å². The summed E-state index contributed by atoms with van der Waals surface area (Å²) >= 11 is 0. The summed E-state index contributed by atoms with van der Waals surface area (Å²) in [5, 5.41) is 3.41. The zero-order chi connectivity index (χ0) is 20.6. The van der Waals surface area contributed by atoms with Crippen molar-refractivity contribution in [2.24, 2.45) is 0 Å². The van der Waals surface area contributed by atoms with Gasteiger partial charge in [-0.15, -0.1) is 6.58 Å². The third-order valence-corrected chi connectivity index (χ3v) is 6.43. The average Bonchev–Trinajstić information content (AvgIpc) is 2.95. The number of hydrogen-bond acceptors (Lipinski definition) is 2. The van der Waals surface area contributed by atoms with E-state index in [1.807, 2.05) is 19.1 Å². The van der Waals surface area contributed by atoms with E-state index in [2.05, 4.69) is 24.0 Å². The van der Waals surface area contributed by atoms with E-state index in [1.165, 1.54) is 6.07 Å². The van der Waals surface area contributed by atoms with Crippen LogP contribution in [0, 0.1) is 18.6 Å². The molecule has 2 aliphatic rings. The van der Waals surface area contributed by atoms with Crippen LogP contribution in [0.5, 0.6) is 0 Å². The van der Waals surface area contributed by atoms with Crippen LogP contribution in [-0.2, 0) is 5.41 Å². The fourth-order valence-corrected chi connectivity index (χ4v) is 5.09. The Morgan fingerprint density at radius 1 is 1.24 bits per heavy atom. The van der Waals surface area contributed by atoms with Crippen molar-refractivity contribution in [3.63, 3.8) is 0 Å². The highest BCUT2D eigenvalue weighted by Gasteiger charge is 2.53. The molecule has 0 aromatic heterocycles. The number of piperidine rings is 1. The average molecular weight is 396 g/mol. The number of aryl methyl sites for hydroxylation is 1. The number of amides is 1. The van der Waals surface area contributed by atoms with Gasteiger partial charge in [0, 0.05) is 17.1 Å². The molecule has 1 spiro atoms. The van der Waals surface area contributed by atoms with Gasteiger partial charge in [-0.05, 0) is 75.0 Å². The first kappa shape index (κ1) is 19.8. The molecule has 2 aromatic rings. The van der Waals surface area contributed by atoms with Gasteiger partial charge in [0.1, 0.15) is 17.2 Å². The standard InChI is InChI=1S/C24H26F2N2O/c1-3-4-8-21-24(11-13-27-14-12-24)17-10-9-16(2)15-20(17)28(21)23(29)22-18(25)6-5-7-19(22)26/h3,5-7,9-10,15,21,27H,1,4,8,11-14H2,2H3/t21-/m1/s1. The molecular formula is C24H26F2N2O. The summed E-state index contributed by atoms with van der Waals surface area (Å²) in [5.41, 5.74) is 2.23. The summed E-state index contributed by atoms with van der Waals surface area (Å²) in [7, 11) is 0. The Balaban J connectivity index is 1.90. The van der Waals surface area contributed by atoms with Crippen LogP contribution >= 0.6 is 0 Å². The van der Waals surface area contributed by atoms with Crippen molar-refractivity contribution in [3.8, 4) is 0 Å². The smallest absolute Gasteiger partial charge is 0.264 e. The quantitative estimate of drug-likeness (QED) is 0.747. The maximum atomic E-state index is 14.5. The van der Waals surface area contributed by atoms with Crippen LogP contribution in [0.2, 0.25) is 0 Å². The van der Waals surface area contributed by atoms with E-state index < -0.39 is 23.1 Å². The molecule has 2 heterocycles. The number of halogens is 2. The van der Waals surface area contributed by atoms with E-state index >= 15 is 0 Å². The minimum Gasteiger partial charge on any atom is -0.317 e. The van der Waals surface area contributed by atoms with Gasteiger partial charge < -0.3 is 10.2 Å². The second-order valence-electron chi connectivity index (χ2n) is 8.08. The number of hydrogen-bond donors (Lipinski definition) is 1. The minimum absolute atomic E-state index is 0.161. The predicted molar refractivity (Wildman–Crippen MR) is 111 cm³/mol. The molecule has 2 aromatic carbocycles. The molecule has 4 rings (SSSR count). The van der Waals surface area contributed by atoms with Gasteiger partial charge in [0.25, 0.3) is 5.91 Å². The number of nitrogens with one attached hydrogen (secondary N) is 1. The summed E-state index contributed by atoms with van der Waals surface area (Å²) in [6.07, 6.45) is 5.05. The Labute approximate surface area is 170 Å². The number of rotatable bonds is 4. The number of carbonyl (C=O) groups excluding carboxylic acids is 1. The summed E-state index contributed by atoms with van der Waals surface area (Å²) in [6, 6.07) is 9.54. The lowest BCUT2D eigenvalue weighted by atomic mass is 9.68. The van der Waals surface area contributed by atoms with Crippen molar-refractivity contribution in [2.45, 2.75) is 44.1 Å². The van der Waals surface area contributed by atoms with Crippen LogP contribution in [0.1, 0.15) is 47.2 Å². The third-order valence-electron chi connectivity index (χ3n) is 6.43. The van der Waals surface area contributed by atoms with E-state index in [0.717, 1.165) is 61.3 Å². The highest BCUT2D eigenvalue weighted by Crippen LogP contribution is 2.52. The van der Waals surface area contributed by atoms with E-state index in [1.54, 1.807) is 4.90 Å². The van der Waals surface area contributed by atoms with E-state index in [-0.39, 0.29) is 11.5 Å². The molecule has 0 unspecified atom stereocenters. The molecule has 3 nitrogen and oxygen atoms in total. The van der Waals surface area contributed by atoms with Gasteiger partial charge in [0.05, 0.1) is 0 Å². The van der Waals surface area contributed by atoms with Gasteiger partial charge >= 0.3 is 0 Å². The normalized spacial score (nSPS) is 20.0. The van der Waals surface area contributed by atoms with Crippen LogP contribution in [0.15, 0.2) is 49.1 Å². The van der Waals surface area contributed by atoms with Gasteiger partial charge in [0.15, 0.2) is 0 Å². The van der Waals surface area contributed by atoms with E-state index in [9.17, 15) is 13.6 Å². The number of benzene rings is 2. The first-order valence-electron chi connectivity index (χ1n) is 10.2. The second kappa shape index (κ2) is 7.71. The predicted octanol–water partition coefficient (Wildman–Crippen LogP) is 4.89. The fraction of sp³-hybridized carbons (Fsp3) is 0.375. The molecule has 0 saturated carbocycles. The topological polar surface area (TPSA) is 32.3 Å². The number of allylic oxidation sites excluding steroid dienone is 1. The van der Waals surface area contributed by atoms with E-state index in [4.69, 9.17) is 0 Å². The zero-order valence-corrected chi connectivity index (χ0v) is 16.7. The van der Waals surface area contributed by atoms with Gasteiger partial charge in [-0.3, -0.25) is 4.79 Å². The summed E-state index contributed by atoms with van der Waals surface area (Å²) in [6.45, 7) is 7.52. The Hall–Kier alpha value is -2.53. The Kier molecular flexibility index (Phi) is 5.26. The number of anilines is 1. The molecule has 0 radical (unpaired) electrons. The lowest BCUT2D eigenvalue weighted by molar-refractivity contribution is 0.0953. The molecule has 29 heavy (non-hydrogen) atoms. The fourth-order valence-electron chi connectivity index (χ4n) is 5.09. The SMILES string of the molecule is C=CCC[C@H]1N(C(=O)c2c(F)cccc2F)c2cc(C)ccc2C12CCNCC2. The summed E-state index contributed by atoms with van der Waals surface area (Å²) in [5.74, 6) is -2.24. The number of carbonyl (C=O) groups is 1. The first-order valence-corrected chi connectivity index (χ1v) is 10.2. The van der Waals surface area contributed by atoms with Crippen molar-refractivity contribution >= 4 is 11.6 Å². The molecular weight excluding hydrogens is 370 g/mol. The van der Waals surface area contributed by atoms with Crippen LogP contribution in [0.25, 0.3) is 0 Å². The van der Waals surface area contributed by atoms with Crippen LogP contribution in [0.3, 0.4) is 0 Å². The second-order valence-corrected chi connectivity index (χ2v) is 8.08. The highest BCUT2D eigenvalue weighted by molar-refractivity contribution is 6.08. The summed E-state index contributed by atoms with van der Waals surface area (Å²) < 4.78 is 29.0. The lowest BCUT2D eigenvalue weighted by Crippen LogP contribution is -2.52. The number of fused-ring (bicyclic) bond motifs is 2. The molecule has 5 heteroatoms. The lowest BCUT2D eigenvalue weighted by Gasteiger charge is -2.42. The molecule has 0 bridgehead atoms. The van der Waals surface area contributed by atoms with Crippen LogP contribution < -0.4 is 10.2 Å². The maximum absolute atomic E-state index is 14.5. The maximum Gasteiger partial charge on any atom is 0.264 e. The van der Waals surface area contributed by atoms with Crippen molar-refractivity contribution in [1.29, 1.82) is 0 Å². The van der Waals surface area contributed by atoms with Crippen molar-refractivity contribution in [1.82, 2.24) is 5.32 Å². The van der Waals surface area contributed by atoms with Crippen molar-refractivity contribution in [2.75, 3.05) is 18.0 Å². The van der Waals surface area contributed by atoms with Gasteiger partial charge in [0.2, 0.25) is 0 Å². The third kappa shape index (κ3) is 3.18. The Morgan fingerprint density at radius 3 is 2.59 bits per heavy atom. The zero-order valence-electron chi connectivity index (χ0n) is 16.7. The largest absolute Gasteiger partial charge is 0.317 e. The molecule has 1 saturated heterocycles. The van der Waals surface area contributed by atoms with E-state index in [0.29, 0.717) is 6.42 Å². The molecule has 1 fully saturated rings. The molecule has 0 aliphatic carbocycles. The van der Waals surface area contributed by atoms with Gasteiger partial charge in [-0.25, -0.2) is 8.78 Å². The Bertz CT molecular complexity index is 930. The van der Waals surface area contributed by atoms with Crippen molar-refractivity contribution in [3.05, 3.63) is 77.4 Å². The molecule has 2 aliphatic heterocycles. The molecule has 152 valence electrons. The van der Waals surface area contributed by atoms with Crippen LogP contribution in [-0.4, -0.2) is 25.0 Å². The first-order chi connectivity index (χ1) is 14.0. The minimum atomic E-state index is -0.821. The van der Waals surface area contributed by atoms with Gasteiger partial charge in [-0.2, -0.15) is 0 Å².